The lowest BCUT2D eigenvalue weighted by Crippen LogP contribution is -2.62. The highest BCUT2D eigenvalue weighted by molar-refractivity contribution is 5.79. The average Bonchev–Trinajstić information content (AvgIpc) is 2.96. The van der Waals surface area contributed by atoms with Gasteiger partial charge in [-0.1, -0.05) is 40.5 Å². The highest BCUT2D eigenvalue weighted by Crippen LogP contribution is 2.68. The normalized spacial score (nSPS) is 53.4. The van der Waals surface area contributed by atoms with Crippen molar-refractivity contribution >= 4 is 5.78 Å². The molecule has 4 aliphatic carbocycles. The molecule has 0 aromatic rings. The Hall–Kier alpha value is -0.410. The van der Waals surface area contributed by atoms with E-state index < -0.39 is 0 Å². The number of carbonyl (C=O) groups excluding carboxylic acids is 1. The van der Waals surface area contributed by atoms with Gasteiger partial charge in [0.1, 0.15) is 5.78 Å². The van der Waals surface area contributed by atoms with Crippen molar-refractivity contribution < 1.29 is 15.0 Å². The molecule has 4 fully saturated rings. The molecule has 6 unspecified atom stereocenters. The van der Waals surface area contributed by atoms with Crippen LogP contribution in [0.2, 0.25) is 0 Å². The van der Waals surface area contributed by atoms with E-state index in [1.54, 1.807) is 0 Å². The van der Waals surface area contributed by atoms with Crippen LogP contribution in [-0.4, -0.2) is 28.2 Å². The second kappa shape index (κ2) is 6.83. The summed E-state index contributed by atoms with van der Waals surface area (Å²) >= 11 is 0. The minimum atomic E-state index is -0.295. The molecule has 10 atom stereocenters. The summed E-state index contributed by atoms with van der Waals surface area (Å²) in [5.41, 5.74) is 0.0671. The maximum atomic E-state index is 12.1. The van der Waals surface area contributed by atoms with Crippen LogP contribution in [0.4, 0.5) is 0 Å². The smallest absolute Gasteiger partial charge is 0.133 e. The minimum Gasteiger partial charge on any atom is -0.393 e. The zero-order valence-electron chi connectivity index (χ0n) is 17.8. The fourth-order valence-corrected chi connectivity index (χ4v) is 8.60. The third-order valence-electron chi connectivity index (χ3n) is 10.1. The molecule has 0 saturated heterocycles. The van der Waals surface area contributed by atoms with Crippen molar-refractivity contribution in [2.24, 2.45) is 46.3 Å². The first-order chi connectivity index (χ1) is 12.7. The molecule has 0 aromatic heterocycles. The minimum absolute atomic E-state index is 0.0512. The van der Waals surface area contributed by atoms with Gasteiger partial charge in [0, 0.05) is 12.8 Å². The van der Waals surface area contributed by atoms with Crippen LogP contribution in [0.1, 0.15) is 85.5 Å². The summed E-state index contributed by atoms with van der Waals surface area (Å²) in [6.07, 6.45) is 8.15. The second-order valence-corrected chi connectivity index (χ2v) is 11.1. The first-order valence-corrected chi connectivity index (χ1v) is 11.6. The van der Waals surface area contributed by atoms with Crippen LogP contribution in [0.25, 0.3) is 0 Å². The zero-order valence-corrected chi connectivity index (χ0v) is 17.8. The Labute approximate surface area is 165 Å². The molecule has 0 heterocycles. The predicted octanol–water partition coefficient (Wildman–Crippen LogP) is 4.59. The molecule has 3 heteroatoms. The van der Waals surface area contributed by atoms with Gasteiger partial charge >= 0.3 is 0 Å². The molecule has 0 bridgehead atoms. The lowest BCUT2D eigenvalue weighted by atomic mass is 9.43. The summed E-state index contributed by atoms with van der Waals surface area (Å²) in [5, 5.41) is 22.7. The van der Waals surface area contributed by atoms with Crippen molar-refractivity contribution in [2.45, 2.75) is 97.7 Å². The van der Waals surface area contributed by atoms with Gasteiger partial charge in [-0.25, -0.2) is 0 Å². The topological polar surface area (TPSA) is 57.5 Å². The maximum absolute atomic E-state index is 12.1. The van der Waals surface area contributed by atoms with Crippen LogP contribution in [0.3, 0.4) is 0 Å². The van der Waals surface area contributed by atoms with E-state index in [-0.39, 0.29) is 23.0 Å². The number of Topliss-reactive ketones (excluding diaryl/α,β-unsaturated/α-hetero) is 1. The Kier molecular flexibility index (Phi) is 5.03. The first kappa shape index (κ1) is 19.9. The van der Waals surface area contributed by atoms with Crippen molar-refractivity contribution in [3.8, 4) is 0 Å². The summed E-state index contributed by atoms with van der Waals surface area (Å²) in [6, 6.07) is 0. The van der Waals surface area contributed by atoms with Crippen molar-refractivity contribution in [1.82, 2.24) is 0 Å². The SMILES string of the molecule is CCCC(C)C1CCC2C3C(C[C@H](O)[C@]12C)[C@@]1(C)CCC(=O)CC1C[C@H]3O. The molecule has 0 radical (unpaired) electrons. The molecule has 0 aromatic carbocycles. The fraction of sp³-hybridized carbons (Fsp3) is 0.958. The van der Waals surface area contributed by atoms with Crippen LogP contribution < -0.4 is 0 Å². The molecule has 0 amide bonds. The Balaban J connectivity index is 1.66. The van der Waals surface area contributed by atoms with E-state index in [0.29, 0.717) is 54.1 Å². The molecular weight excluding hydrogens is 336 g/mol. The molecule has 3 nitrogen and oxygen atoms in total. The summed E-state index contributed by atoms with van der Waals surface area (Å²) in [4.78, 5) is 12.1. The van der Waals surface area contributed by atoms with E-state index in [2.05, 4.69) is 27.7 Å². The predicted molar refractivity (Wildman–Crippen MR) is 107 cm³/mol. The van der Waals surface area contributed by atoms with Gasteiger partial charge in [-0.05, 0) is 78.4 Å². The van der Waals surface area contributed by atoms with Crippen molar-refractivity contribution in [3.05, 3.63) is 0 Å². The van der Waals surface area contributed by atoms with Gasteiger partial charge in [-0.3, -0.25) is 4.79 Å². The number of fused-ring (bicyclic) bond motifs is 5. The standard InChI is InChI=1S/C24H40O3/c1-5-6-14(2)17-7-8-18-22-19(13-21(27)24(17,18)4)23(3)10-9-16(25)11-15(23)12-20(22)26/h14-15,17-22,26-27H,5-13H2,1-4H3/t14?,15?,17?,18?,19?,20-,21+,22?,23+,24-/m1/s1. The van der Waals surface area contributed by atoms with Crippen LogP contribution >= 0.6 is 0 Å². The van der Waals surface area contributed by atoms with Crippen molar-refractivity contribution in [2.75, 3.05) is 0 Å². The molecule has 0 aliphatic heterocycles. The van der Waals surface area contributed by atoms with E-state index in [0.717, 1.165) is 25.7 Å². The summed E-state index contributed by atoms with van der Waals surface area (Å²) < 4.78 is 0. The lowest BCUT2D eigenvalue weighted by Gasteiger charge is -2.63. The van der Waals surface area contributed by atoms with Gasteiger partial charge in [0.15, 0.2) is 0 Å². The van der Waals surface area contributed by atoms with Gasteiger partial charge < -0.3 is 10.2 Å². The van der Waals surface area contributed by atoms with Crippen LogP contribution in [0.5, 0.6) is 0 Å². The van der Waals surface area contributed by atoms with Gasteiger partial charge in [0.2, 0.25) is 0 Å². The number of hydrogen-bond donors (Lipinski definition) is 2. The highest BCUT2D eigenvalue weighted by Gasteiger charge is 2.65. The van der Waals surface area contributed by atoms with Gasteiger partial charge in [0.25, 0.3) is 0 Å². The summed E-state index contributed by atoms with van der Waals surface area (Å²) in [6.45, 7) is 9.35. The maximum Gasteiger partial charge on any atom is 0.133 e. The Bertz CT molecular complexity index is 588. The van der Waals surface area contributed by atoms with E-state index in [9.17, 15) is 15.0 Å². The average molecular weight is 377 g/mol. The summed E-state index contributed by atoms with van der Waals surface area (Å²) in [5.74, 6) is 3.01. The lowest BCUT2D eigenvalue weighted by molar-refractivity contribution is -0.201. The molecular formula is C24H40O3. The van der Waals surface area contributed by atoms with Gasteiger partial charge in [-0.2, -0.15) is 0 Å². The van der Waals surface area contributed by atoms with Crippen LogP contribution in [0, 0.1) is 46.3 Å². The Morgan fingerprint density at radius 1 is 1.15 bits per heavy atom. The molecule has 2 N–H and O–H groups in total. The highest BCUT2D eigenvalue weighted by atomic mass is 16.3. The number of rotatable bonds is 3. The molecule has 27 heavy (non-hydrogen) atoms. The number of carbonyl (C=O) groups is 1. The Morgan fingerprint density at radius 2 is 1.89 bits per heavy atom. The third-order valence-corrected chi connectivity index (χ3v) is 10.1. The molecule has 0 spiro atoms. The molecule has 4 saturated carbocycles. The largest absolute Gasteiger partial charge is 0.393 e. The molecule has 154 valence electrons. The van der Waals surface area contributed by atoms with Gasteiger partial charge in [-0.15, -0.1) is 0 Å². The van der Waals surface area contributed by atoms with E-state index >= 15 is 0 Å². The fourth-order valence-electron chi connectivity index (χ4n) is 8.60. The van der Waals surface area contributed by atoms with E-state index in [4.69, 9.17) is 0 Å². The third kappa shape index (κ3) is 2.78. The number of aliphatic hydroxyl groups excluding tert-OH is 2. The number of ketones is 1. The molecule has 4 aliphatic rings. The van der Waals surface area contributed by atoms with E-state index in [1.165, 1.54) is 19.3 Å². The monoisotopic (exact) mass is 376 g/mol. The van der Waals surface area contributed by atoms with Crippen LogP contribution in [0.15, 0.2) is 0 Å². The van der Waals surface area contributed by atoms with Crippen molar-refractivity contribution in [3.63, 3.8) is 0 Å². The van der Waals surface area contributed by atoms with Gasteiger partial charge in [0.05, 0.1) is 12.2 Å². The second-order valence-electron chi connectivity index (χ2n) is 11.1. The van der Waals surface area contributed by atoms with Crippen LogP contribution in [-0.2, 0) is 4.79 Å². The zero-order chi connectivity index (χ0) is 19.6. The van der Waals surface area contributed by atoms with E-state index in [1.807, 2.05) is 0 Å². The first-order valence-electron chi connectivity index (χ1n) is 11.6. The summed E-state index contributed by atoms with van der Waals surface area (Å²) in [7, 11) is 0. The van der Waals surface area contributed by atoms with Crippen molar-refractivity contribution in [1.29, 1.82) is 0 Å². The number of aliphatic hydroxyl groups is 2. The molecule has 4 rings (SSSR count). The Morgan fingerprint density at radius 3 is 2.59 bits per heavy atom. The quantitative estimate of drug-likeness (QED) is 0.757. The number of hydrogen-bond acceptors (Lipinski definition) is 3.